The van der Waals surface area contributed by atoms with Gasteiger partial charge in [-0.2, -0.15) is 5.10 Å². The summed E-state index contributed by atoms with van der Waals surface area (Å²) in [6, 6.07) is 19.5. The van der Waals surface area contributed by atoms with Crippen LogP contribution < -0.4 is 4.80 Å². The fourth-order valence-corrected chi connectivity index (χ4v) is 4.12. The minimum Gasteiger partial charge on any atom is -0.508 e. The Morgan fingerprint density at radius 1 is 0.968 bits per heavy atom. The SMILES string of the molecule is Oc1ccc(C=Nn2c(-c3cc(Cl)ccc3Cl)csc2=NCc2ccccc2)c(O)c1. The molecule has 0 atom stereocenters. The van der Waals surface area contributed by atoms with Gasteiger partial charge in [-0.3, -0.25) is 4.99 Å². The van der Waals surface area contributed by atoms with Crippen molar-refractivity contribution in [3.63, 3.8) is 0 Å². The fourth-order valence-electron chi connectivity index (χ4n) is 2.90. The van der Waals surface area contributed by atoms with Crippen LogP contribution in [0.15, 0.2) is 82.2 Å². The van der Waals surface area contributed by atoms with E-state index >= 15 is 0 Å². The summed E-state index contributed by atoms with van der Waals surface area (Å²) in [4.78, 5) is 5.37. The Morgan fingerprint density at radius 2 is 1.77 bits per heavy atom. The van der Waals surface area contributed by atoms with Crippen LogP contribution >= 0.6 is 34.5 Å². The van der Waals surface area contributed by atoms with Gasteiger partial charge in [0.15, 0.2) is 0 Å². The highest BCUT2D eigenvalue weighted by atomic mass is 35.5. The quantitative estimate of drug-likeness (QED) is 0.356. The van der Waals surface area contributed by atoms with E-state index in [-0.39, 0.29) is 11.5 Å². The highest BCUT2D eigenvalue weighted by molar-refractivity contribution is 7.07. The molecule has 0 aliphatic carbocycles. The molecular weight excluding hydrogens is 453 g/mol. The number of benzene rings is 3. The zero-order valence-electron chi connectivity index (χ0n) is 16.1. The Labute approximate surface area is 192 Å². The monoisotopic (exact) mass is 469 g/mol. The summed E-state index contributed by atoms with van der Waals surface area (Å²) in [7, 11) is 0. The lowest BCUT2D eigenvalue weighted by Gasteiger charge is -2.07. The summed E-state index contributed by atoms with van der Waals surface area (Å²) in [5.74, 6) is -0.104. The first-order chi connectivity index (χ1) is 15.0. The number of aromatic hydroxyl groups is 2. The Hall–Kier alpha value is -3.06. The van der Waals surface area contributed by atoms with Crippen molar-refractivity contribution in [3.05, 3.63) is 98.1 Å². The van der Waals surface area contributed by atoms with Crippen molar-refractivity contribution in [1.82, 2.24) is 4.68 Å². The van der Waals surface area contributed by atoms with Gasteiger partial charge in [0.2, 0.25) is 4.80 Å². The summed E-state index contributed by atoms with van der Waals surface area (Å²) in [5, 5.41) is 27.2. The Kier molecular flexibility index (Phi) is 6.42. The first-order valence-electron chi connectivity index (χ1n) is 9.28. The zero-order chi connectivity index (χ0) is 21.8. The van der Waals surface area contributed by atoms with E-state index in [0.717, 1.165) is 16.8 Å². The summed E-state index contributed by atoms with van der Waals surface area (Å²) in [5.41, 5.74) is 2.97. The number of nitrogens with zero attached hydrogens (tertiary/aromatic N) is 3. The molecule has 1 aromatic heterocycles. The number of halogens is 2. The van der Waals surface area contributed by atoms with E-state index in [4.69, 9.17) is 28.2 Å². The van der Waals surface area contributed by atoms with Crippen molar-refractivity contribution in [1.29, 1.82) is 0 Å². The summed E-state index contributed by atoms with van der Waals surface area (Å²) in [6.07, 6.45) is 1.50. The molecule has 0 saturated carbocycles. The first kappa shape index (κ1) is 21.2. The number of phenolic OH excluding ortho intramolecular Hbond substituents is 2. The molecule has 0 bridgehead atoms. The van der Waals surface area contributed by atoms with Crippen LogP contribution in [0, 0.1) is 0 Å². The molecule has 5 nitrogen and oxygen atoms in total. The number of rotatable bonds is 5. The lowest BCUT2D eigenvalue weighted by Crippen LogP contribution is -2.12. The third-order valence-electron chi connectivity index (χ3n) is 4.46. The van der Waals surface area contributed by atoms with Gasteiger partial charge in [-0.1, -0.05) is 53.5 Å². The summed E-state index contributed by atoms with van der Waals surface area (Å²) >= 11 is 14.0. The minimum absolute atomic E-state index is 0.0252. The Bertz CT molecular complexity index is 1310. The van der Waals surface area contributed by atoms with Gasteiger partial charge in [-0.25, -0.2) is 4.68 Å². The van der Waals surface area contributed by atoms with E-state index in [9.17, 15) is 10.2 Å². The van der Waals surface area contributed by atoms with Crippen molar-refractivity contribution in [2.24, 2.45) is 10.1 Å². The third-order valence-corrected chi connectivity index (χ3v) is 5.87. The Morgan fingerprint density at radius 3 is 2.55 bits per heavy atom. The molecule has 0 saturated heterocycles. The van der Waals surface area contributed by atoms with E-state index in [2.05, 4.69) is 5.10 Å². The third kappa shape index (κ3) is 4.99. The van der Waals surface area contributed by atoms with Gasteiger partial charge in [0.25, 0.3) is 0 Å². The molecular formula is C23H17Cl2N3O2S. The molecule has 31 heavy (non-hydrogen) atoms. The van der Waals surface area contributed by atoms with Crippen LogP contribution in [0.3, 0.4) is 0 Å². The summed E-state index contributed by atoms with van der Waals surface area (Å²) in [6.45, 7) is 0.490. The molecule has 3 aromatic carbocycles. The fraction of sp³-hybridized carbons (Fsp3) is 0.0435. The van der Waals surface area contributed by atoms with Crippen LogP contribution in [0.2, 0.25) is 10.0 Å². The number of thiazole rings is 1. The number of phenols is 2. The van der Waals surface area contributed by atoms with E-state index < -0.39 is 0 Å². The van der Waals surface area contributed by atoms with Gasteiger partial charge >= 0.3 is 0 Å². The van der Waals surface area contributed by atoms with Gasteiger partial charge in [-0.05, 0) is 35.9 Å². The predicted molar refractivity (Wildman–Crippen MR) is 126 cm³/mol. The molecule has 0 aliphatic heterocycles. The molecule has 0 radical (unpaired) electrons. The molecule has 4 rings (SSSR count). The van der Waals surface area contributed by atoms with Gasteiger partial charge in [0.1, 0.15) is 11.5 Å². The molecule has 0 unspecified atom stereocenters. The smallest absolute Gasteiger partial charge is 0.206 e. The molecule has 8 heteroatoms. The normalized spacial score (nSPS) is 12.0. The largest absolute Gasteiger partial charge is 0.508 e. The molecule has 0 aliphatic rings. The van der Waals surface area contributed by atoms with Gasteiger partial charge in [-0.15, -0.1) is 11.3 Å². The number of aromatic nitrogens is 1. The molecule has 2 N–H and O–H groups in total. The minimum atomic E-state index is -0.0790. The second-order valence-electron chi connectivity index (χ2n) is 6.63. The van der Waals surface area contributed by atoms with Crippen LogP contribution in [0.25, 0.3) is 11.3 Å². The number of hydrogen-bond donors (Lipinski definition) is 2. The highest BCUT2D eigenvalue weighted by Crippen LogP contribution is 2.31. The van der Waals surface area contributed by atoms with Crippen molar-refractivity contribution in [2.75, 3.05) is 0 Å². The average Bonchev–Trinajstić information content (AvgIpc) is 3.16. The van der Waals surface area contributed by atoms with Crippen LogP contribution in [-0.2, 0) is 6.54 Å². The van der Waals surface area contributed by atoms with Gasteiger partial charge in [0, 0.05) is 27.6 Å². The maximum absolute atomic E-state index is 10.1. The maximum atomic E-state index is 10.1. The van der Waals surface area contributed by atoms with Gasteiger partial charge in [0.05, 0.1) is 23.5 Å². The topological polar surface area (TPSA) is 70.1 Å². The molecule has 0 spiro atoms. The van der Waals surface area contributed by atoms with E-state index in [0.29, 0.717) is 27.0 Å². The maximum Gasteiger partial charge on any atom is 0.206 e. The zero-order valence-corrected chi connectivity index (χ0v) is 18.4. The first-order valence-corrected chi connectivity index (χ1v) is 10.9. The summed E-state index contributed by atoms with van der Waals surface area (Å²) < 4.78 is 1.66. The van der Waals surface area contributed by atoms with Crippen molar-refractivity contribution >= 4 is 40.8 Å². The average molecular weight is 470 g/mol. The second kappa shape index (κ2) is 9.39. The van der Waals surface area contributed by atoms with E-state index in [1.165, 1.54) is 29.7 Å². The molecule has 0 amide bonds. The molecule has 4 aromatic rings. The van der Waals surface area contributed by atoms with E-state index in [1.807, 2.05) is 35.7 Å². The van der Waals surface area contributed by atoms with Crippen LogP contribution in [-0.4, -0.2) is 21.1 Å². The molecule has 156 valence electrons. The standard InChI is InChI=1S/C23H17Cl2N3O2S/c24-17-7-9-20(25)19(10-17)21-14-31-23(26-12-15-4-2-1-3-5-15)28(21)27-13-16-6-8-18(29)11-22(16)30/h1-11,13-14,29-30H,12H2. The molecule has 1 heterocycles. The van der Waals surface area contributed by atoms with Crippen LogP contribution in [0.4, 0.5) is 0 Å². The lowest BCUT2D eigenvalue weighted by atomic mass is 10.2. The second-order valence-corrected chi connectivity index (χ2v) is 8.31. The van der Waals surface area contributed by atoms with Crippen molar-refractivity contribution in [2.45, 2.75) is 6.54 Å². The van der Waals surface area contributed by atoms with Gasteiger partial charge < -0.3 is 10.2 Å². The molecule has 0 fully saturated rings. The van der Waals surface area contributed by atoms with Crippen molar-refractivity contribution < 1.29 is 10.2 Å². The number of hydrogen-bond acceptors (Lipinski definition) is 5. The van der Waals surface area contributed by atoms with Crippen LogP contribution in [0.1, 0.15) is 11.1 Å². The highest BCUT2D eigenvalue weighted by Gasteiger charge is 2.12. The lowest BCUT2D eigenvalue weighted by molar-refractivity contribution is 0.450. The predicted octanol–water partition coefficient (Wildman–Crippen LogP) is 5.92. The Balaban J connectivity index is 1.81. The van der Waals surface area contributed by atoms with Crippen molar-refractivity contribution in [3.8, 4) is 22.8 Å². The van der Waals surface area contributed by atoms with Crippen LogP contribution in [0.5, 0.6) is 11.5 Å². The van der Waals surface area contributed by atoms with E-state index in [1.54, 1.807) is 28.9 Å².